The van der Waals surface area contributed by atoms with Gasteiger partial charge in [0.1, 0.15) is 5.82 Å². The summed E-state index contributed by atoms with van der Waals surface area (Å²) in [6.45, 7) is 2.16. The molecule has 0 fully saturated rings. The molecule has 0 aliphatic rings. The summed E-state index contributed by atoms with van der Waals surface area (Å²) in [7, 11) is 0. The molecule has 0 saturated carbocycles. The minimum atomic E-state index is -0.0496. The minimum absolute atomic E-state index is 0.0476. The van der Waals surface area contributed by atoms with Crippen LogP contribution in [0.25, 0.3) is 10.9 Å². The monoisotopic (exact) mass is 294 g/mol. The van der Waals surface area contributed by atoms with Crippen molar-refractivity contribution in [2.24, 2.45) is 0 Å². The van der Waals surface area contributed by atoms with Gasteiger partial charge in [-0.25, -0.2) is 4.98 Å². The predicted octanol–water partition coefficient (Wildman–Crippen LogP) is 2.83. The van der Waals surface area contributed by atoms with Gasteiger partial charge in [-0.1, -0.05) is 37.4 Å². The molecule has 1 aromatic carbocycles. The number of benzene rings is 1. The molecular weight excluding hydrogens is 276 g/mol. The van der Waals surface area contributed by atoms with Crippen LogP contribution < -0.4 is 11.1 Å². The molecule has 20 heavy (non-hydrogen) atoms. The number of hydrogen-bond acceptors (Lipinski definition) is 5. The summed E-state index contributed by atoms with van der Waals surface area (Å²) in [5, 5.41) is 14.0. The first kappa shape index (κ1) is 14.8. The highest BCUT2D eigenvalue weighted by Gasteiger charge is 2.13. The average Bonchev–Trinajstić information content (AvgIpc) is 2.44. The zero-order chi connectivity index (χ0) is 14.5. The van der Waals surface area contributed by atoms with E-state index in [0.717, 1.165) is 24.6 Å². The number of aromatic nitrogens is 2. The molecular formula is C14H19ClN4O. The number of nitrogen functional groups attached to an aromatic ring is 1. The van der Waals surface area contributed by atoms with Gasteiger partial charge in [-0.15, -0.1) is 0 Å². The van der Waals surface area contributed by atoms with Gasteiger partial charge in [0.15, 0.2) is 0 Å². The number of rotatable bonds is 6. The van der Waals surface area contributed by atoms with Crippen molar-refractivity contribution in [1.29, 1.82) is 0 Å². The van der Waals surface area contributed by atoms with Gasteiger partial charge in [0.2, 0.25) is 5.95 Å². The Labute approximate surface area is 123 Å². The first-order valence-corrected chi connectivity index (χ1v) is 7.12. The number of anilines is 2. The van der Waals surface area contributed by atoms with Crippen molar-refractivity contribution in [1.82, 2.24) is 9.97 Å². The van der Waals surface area contributed by atoms with E-state index in [2.05, 4.69) is 22.2 Å². The normalized spacial score (nSPS) is 12.6. The molecule has 0 saturated heterocycles. The van der Waals surface area contributed by atoms with E-state index in [-0.39, 0.29) is 18.6 Å². The highest BCUT2D eigenvalue weighted by molar-refractivity contribution is 6.35. The first-order chi connectivity index (χ1) is 9.65. The SMILES string of the molecule is CCCC[C@H](CO)Nc1nc(N)nc2c(Cl)cccc12. The highest BCUT2D eigenvalue weighted by Crippen LogP contribution is 2.27. The van der Waals surface area contributed by atoms with Crippen LogP contribution in [0.5, 0.6) is 0 Å². The topological polar surface area (TPSA) is 84.1 Å². The van der Waals surface area contributed by atoms with Crippen LogP contribution in [0.15, 0.2) is 18.2 Å². The van der Waals surface area contributed by atoms with Gasteiger partial charge in [-0.3, -0.25) is 0 Å². The largest absolute Gasteiger partial charge is 0.394 e. The van der Waals surface area contributed by atoms with Crippen LogP contribution in [-0.2, 0) is 0 Å². The number of nitrogens with two attached hydrogens (primary N) is 1. The average molecular weight is 295 g/mol. The quantitative estimate of drug-likeness (QED) is 0.763. The second-order valence-corrected chi connectivity index (χ2v) is 5.14. The van der Waals surface area contributed by atoms with Crippen molar-refractivity contribution in [3.05, 3.63) is 23.2 Å². The molecule has 0 radical (unpaired) electrons. The summed E-state index contributed by atoms with van der Waals surface area (Å²) < 4.78 is 0. The van der Waals surface area contributed by atoms with Crippen molar-refractivity contribution in [2.45, 2.75) is 32.2 Å². The predicted molar refractivity (Wildman–Crippen MR) is 83.0 cm³/mol. The summed E-state index contributed by atoms with van der Waals surface area (Å²) in [6, 6.07) is 5.44. The van der Waals surface area contributed by atoms with Gasteiger partial charge in [0, 0.05) is 5.39 Å². The zero-order valence-electron chi connectivity index (χ0n) is 11.4. The number of hydrogen-bond donors (Lipinski definition) is 3. The van der Waals surface area contributed by atoms with Gasteiger partial charge in [-0.2, -0.15) is 4.98 Å². The molecule has 1 atom stereocenters. The van der Waals surface area contributed by atoms with Crippen molar-refractivity contribution in [3.8, 4) is 0 Å². The van der Waals surface area contributed by atoms with Crippen LogP contribution in [0.3, 0.4) is 0 Å². The second kappa shape index (κ2) is 6.72. The first-order valence-electron chi connectivity index (χ1n) is 6.74. The van der Waals surface area contributed by atoms with Crippen molar-refractivity contribution >= 4 is 34.3 Å². The molecule has 4 N–H and O–H groups in total. The number of nitrogens with one attached hydrogen (secondary N) is 1. The fraction of sp³-hybridized carbons (Fsp3) is 0.429. The lowest BCUT2D eigenvalue weighted by Crippen LogP contribution is -2.24. The third-order valence-corrected chi connectivity index (χ3v) is 3.47. The molecule has 0 spiro atoms. The van der Waals surface area contributed by atoms with Gasteiger partial charge in [-0.05, 0) is 18.6 Å². The number of fused-ring (bicyclic) bond motifs is 1. The van der Waals surface area contributed by atoms with Crippen LogP contribution in [0.1, 0.15) is 26.2 Å². The van der Waals surface area contributed by atoms with Crippen molar-refractivity contribution in [2.75, 3.05) is 17.7 Å². The molecule has 108 valence electrons. The zero-order valence-corrected chi connectivity index (χ0v) is 12.2. The molecule has 0 aliphatic heterocycles. The number of halogens is 1. The smallest absolute Gasteiger partial charge is 0.222 e. The summed E-state index contributed by atoms with van der Waals surface area (Å²) in [5.41, 5.74) is 6.35. The van der Waals surface area contributed by atoms with Crippen molar-refractivity contribution in [3.63, 3.8) is 0 Å². The maximum atomic E-state index is 9.45. The van der Waals surface area contributed by atoms with E-state index in [9.17, 15) is 5.11 Å². The van der Waals surface area contributed by atoms with Crippen molar-refractivity contribution < 1.29 is 5.11 Å². The van der Waals surface area contributed by atoms with Crippen LogP contribution in [0.2, 0.25) is 5.02 Å². The summed E-state index contributed by atoms with van der Waals surface area (Å²) in [6.07, 6.45) is 2.99. The molecule has 0 bridgehead atoms. The molecule has 0 aliphatic carbocycles. The lowest BCUT2D eigenvalue weighted by Gasteiger charge is -2.18. The Balaban J connectivity index is 2.35. The molecule has 0 amide bonds. The van der Waals surface area contributed by atoms with Gasteiger partial charge < -0.3 is 16.2 Å². The lowest BCUT2D eigenvalue weighted by molar-refractivity contribution is 0.267. The standard InChI is InChI=1S/C14H19ClN4O/c1-2-3-5-9(8-20)17-13-10-6-4-7-11(15)12(10)18-14(16)19-13/h4,6-7,9,20H,2-3,5,8H2,1H3,(H3,16,17,18,19)/t9-/m1/s1. The number of nitrogens with zero attached hydrogens (tertiary/aromatic N) is 2. The van der Waals surface area contributed by atoms with Crippen LogP contribution in [0, 0.1) is 0 Å². The van der Waals surface area contributed by atoms with E-state index in [1.807, 2.05) is 12.1 Å². The van der Waals surface area contributed by atoms with E-state index in [1.165, 1.54) is 0 Å². The Morgan fingerprint density at radius 2 is 2.20 bits per heavy atom. The van der Waals surface area contributed by atoms with E-state index < -0.39 is 0 Å². The Morgan fingerprint density at radius 1 is 1.40 bits per heavy atom. The summed E-state index contributed by atoms with van der Waals surface area (Å²) in [5.74, 6) is 0.783. The van der Waals surface area contributed by atoms with Gasteiger partial charge in [0.05, 0.1) is 23.2 Å². The maximum Gasteiger partial charge on any atom is 0.222 e. The fourth-order valence-corrected chi connectivity index (χ4v) is 2.31. The third-order valence-electron chi connectivity index (χ3n) is 3.16. The van der Waals surface area contributed by atoms with E-state index in [4.69, 9.17) is 17.3 Å². The molecule has 2 aromatic rings. The highest BCUT2D eigenvalue weighted by atomic mass is 35.5. The molecule has 5 nitrogen and oxygen atoms in total. The number of aliphatic hydroxyl groups excluding tert-OH is 1. The van der Waals surface area contributed by atoms with E-state index in [0.29, 0.717) is 16.4 Å². The Morgan fingerprint density at radius 3 is 2.90 bits per heavy atom. The lowest BCUT2D eigenvalue weighted by atomic mass is 10.1. The van der Waals surface area contributed by atoms with Crippen LogP contribution >= 0.6 is 11.6 Å². The van der Waals surface area contributed by atoms with Gasteiger partial charge in [0.25, 0.3) is 0 Å². The number of aliphatic hydroxyl groups is 1. The Kier molecular flexibility index (Phi) is 4.98. The number of para-hydroxylation sites is 1. The number of unbranched alkanes of at least 4 members (excludes halogenated alkanes) is 1. The molecule has 1 aromatic heterocycles. The maximum absolute atomic E-state index is 9.45. The van der Waals surface area contributed by atoms with Gasteiger partial charge >= 0.3 is 0 Å². The molecule has 6 heteroatoms. The summed E-state index contributed by atoms with van der Waals surface area (Å²) in [4.78, 5) is 8.39. The molecule has 2 rings (SSSR count). The van der Waals surface area contributed by atoms with Crippen LogP contribution in [-0.4, -0.2) is 27.7 Å². The molecule has 0 unspecified atom stereocenters. The third kappa shape index (κ3) is 3.29. The van der Waals surface area contributed by atoms with Crippen LogP contribution in [0.4, 0.5) is 11.8 Å². The Hall–Kier alpha value is -1.59. The van der Waals surface area contributed by atoms with E-state index in [1.54, 1.807) is 6.07 Å². The van der Waals surface area contributed by atoms with E-state index >= 15 is 0 Å². The second-order valence-electron chi connectivity index (χ2n) is 4.73. The summed E-state index contributed by atoms with van der Waals surface area (Å²) >= 11 is 6.13. The molecule has 1 heterocycles. The minimum Gasteiger partial charge on any atom is -0.394 e. The fourth-order valence-electron chi connectivity index (χ4n) is 2.10. The Bertz CT molecular complexity index is 591.